The monoisotopic (exact) mass is 308 g/mol. The number of nitrogens with zero attached hydrogens (tertiary/aromatic N) is 2. The first-order chi connectivity index (χ1) is 9.72. The second kappa shape index (κ2) is 6.03. The van der Waals surface area contributed by atoms with Crippen LogP contribution >= 0.6 is 22.7 Å². The van der Waals surface area contributed by atoms with E-state index in [9.17, 15) is 4.79 Å². The van der Waals surface area contributed by atoms with Gasteiger partial charge in [-0.05, 0) is 18.4 Å². The average Bonchev–Trinajstić information content (AvgIpc) is 3.08. The van der Waals surface area contributed by atoms with E-state index < -0.39 is 0 Å². The van der Waals surface area contributed by atoms with E-state index in [1.807, 2.05) is 22.6 Å². The molecule has 0 aromatic carbocycles. The molecule has 0 aliphatic carbocycles. The lowest BCUT2D eigenvalue weighted by molar-refractivity contribution is -0.137. The first-order valence-corrected chi connectivity index (χ1v) is 8.41. The summed E-state index contributed by atoms with van der Waals surface area (Å²) in [5.41, 5.74) is 2.00. The first-order valence-electron chi connectivity index (χ1n) is 6.59. The first kappa shape index (κ1) is 13.7. The molecule has 106 valence electrons. The Morgan fingerprint density at radius 3 is 3.20 bits per heavy atom. The molecule has 0 radical (unpaired) electrons. The molecular weight excluding hydrogens is 292 g/mol. The lowest BCUT2D eigenvalue weighted by atomic mass is 10.2. The number of hydrogen-bond acceptors (Lipinski definition) is 5. The molecule has 1 unspecified atom stereocenters. The maximum absolute atomic E-state index is 12.2. The molecule has 6 heteroatoms. The maximum atomic E-state index is 12.2. The van der Waals surface area contributed by atoms with Crippen molar-refractivity contribution in [2.45, 2.75) is 19.4 Å². The second-order valence-electron chi connectivity index (χ2n) is 4.85. The van der Waals surface area contributed by atoms with Gasteiger partial charge in [-0.2, -0.15) is 11.3 Å². The Morgan fingerprint density at radius 2 is 2.45 bits per heavy atom. The van der Waals surface area contributed by atoms with Crippen LogP contribution < -0.4 is 0 Å². The molecule has 2 aromatic heterocycles. The van der Waals surface area contributed by atoms with Crippen LogP contribution in [0.25, 0.3) is 10.6 Å². The van der Waals surface area contributed by atoms with Crippen LogP contribution in [0.1, 0.15) is 12.6 Å². The van der Waals surface area contributed by atoms with Crippen LogP contribution in [0.2, 0.25) is 0 Å². The van der Waals surface area contributed by atoms with Crippen molar-refractivity contribution in [2.24, 2.45) is 0 Å². The third-order valence-corrected chi connectivity index (χ3v) is 4.87. The van der Waals surface area contributed by atoms with Gasteiger partial charge < -0.3 is 9.64 Å². The van der Waals surface area contributed by atoms with E-state index in [1.165, 1.54) is 0 Å². The number of thiophene rings is 1. The Bertz CT molecular complexity index is 580. The van der Waals surface area contributed by atoms with Crippen LogP contribution in [0.4, 0.5) is 0 Å². The fraction of sp³-hybridized carbons (Fsp3) is 0.429. The number of aromatic nitrogens is 1. The maximum Gasteiger partial charge on any atom is 0.228 e. The highest BCUT2D eigenvalue weighted by atomic mass is 32.1. The van der Waals surface area contributed by atoms with Crippen LogP contribution in [0.3, 0.4) is 0 Å². The van der Waals surface area contributed by atoms with E-state index in [0.717, 1.165) is 16.3 Å². The van der Waals surface area contributed by atoms with Crippen molar-refractivity contribution < 1.29 is 9.53 Å². The summed E-state index contributed by atoms with van der Waals surface area (Å²) in [5, 5.41) is 7.09. The van der Waals surface area contributed by atoms with E-state index in [0.29, 0.717) is 26.1 Å². The van der Waals surface area contributed by atoms with Crippen molar-refractivity contribution in [1.29, 1.82) is 0 Å². The molecule has 0 spiro atoms. The fourth-order valence-corrected chi connectivity index (χ4v) is 3.75. The number of amides is 1. The molecule has 1 aliphatic heterocycles. The summed E-state index contributed by atoms with van der Waals surface area (Å²) in [4.78, 5) is 18.7. The van der Waals surface area contributed by atoms with Gasteiger partial charge >= 0.3 is 0 Å². The van der Waals surface area contributed by atoms with Crippen molar-refractivity contribution in [3.05, 3.63) is 27.9 Å². The Labute approximate surface area is 126 Å². The lowest BCUT2D eigenvalue weighted by Crippen LogP contribution is -2.45. The van der Waals surface area contributed by atoms with E-state index in [2.05, 4.69) is 16.4 Å². The molecule has 1 amide bonds. The average molecular weight is 308 g/mol. The normalized spacial score (nSPS) is 19.2. The number of thiazole rings is 1. The van der Waals surface area contributed by atoms with E-state index in [-0.39, 0.29) is 12.0 Å². The SMILES string of the molecule is CC1CN(C(=O)Cc2csc(-c3ccsc3)n2)CCO1. The van der Waals surface area contributed by atoms with Crippen molar-refractivity contribution >= 4 is 28.6 Å². The zero-order chi connectivity index (χ0) is 13.9. The van der Waals surface area contributed by atoms with Gasteiger partial charge in [0.15, 0.2) is 0 Å². The Morgan fingerprint density at radius 1 is 1.55 bits per heavy atom. The number of ether oxygens (including phenoxy) is 1. The predicted octanol–water partition coefficient (Wildman–Crippen LogP) is 2.66. The Kier molecular flexibility index (Phi) is 4.14. The van der Waals surface area contributed by atoms with Gasteiger partial charge in [0.2, 0.25) is 5.91 Å². The predicted molar refractivity (Wildman–Crippen MR) is 81.1 cm³/mol. The number of hydrogen-bond donors (Lipinski definition) is 0. The third kappa shape index (κ3) is 3.08. The molecule has 4 nitrogen and oxygen atoms in total. The molecular formula is C14H16N2O2S2. The van der Waals surface area contributed by atoms with Crippen molar-refractivity contribution in [3.8, 4) is 10.6 Å². The second-order valence-corrected chi connectivity index (χ2v) is 6.49. The van der Waals surface area contributed by atoms with Crippen molar-refractivity contribution in [2.75, 3.05) is 19.7 Å². The molecule has 20 heavy (non-hydrogen) atoms. The van der Waals surface area contributed by atoms with Crippen LogP contribution in [0.5, 0.6) is 0 Å². The summed E-state index contributed by atoms with van der Waals surface area (Å²) in [5.74, 6) is 0.141. The van der Waals surface area contributed by atoms with Crippen molar-refractivity contribution in [3.63, 3.8) is 0 Å². The minimum absolute atomic E-state index is 0.129. The van der Waals surface area contributed by atoms with Gasteiger partial charge in [-0.1, -0.05) is 0 Å². The highest BCUT2D eigenvalue weighted by Crippen LogP contribution is 2.26. The summed E-state index contributed by atoms with van der Waals surface area (Å²) < 4.78 is 5.46. The van der Waals surface area contributed by atoms with Crippen molar-refractivity contribution in [1.82, 2.24) is 9.88 Å². The van der Waals surface area contributed by atoms with E-state index in [4.69, 9.17) is 4.74 Å². The molecule has 3 rings (SSSR count). The zero-order valence-electron chi connectivity index (χ0n) is 11.2. The topological polar surface area (TPSA) is 42.4 Å². The molecule has 0 bridgehead atoms. The summed E-state index contributed by atoms with van der Waals surface area (Å²) in [6, 6.07) is 2.05. The smallest absolute Gasteiger partial charge is 0.228 e. The van der Waals surface area contributed by atoms with Crippen LogP contribution in [0, 0.1) is 0 Å². The highest BCUT2D eigenvalue weighted by molar-refractivity contribution is 7.14. The number of carbonyl (C=O) groups excluding carboxylic acids is 1. The van der Waals surface area contributed by atoms with Gasteiger partial charge in [0.1, 0.15) is 5.01 Å². The molecule has 0 N–H and O–H groups in total. The largest absolute Gasteiger partial charge is 0.375 e. The van der Waals surface area contributed by atoms with Gasteiger partial charge in [-0.15, -0.1) is 11.3 Å². The molecule has 0 saturated carbocycles. The van der Waals surface area contributed by atoms with Gasteiger partial charge in [0.05, 0.1) is 24.8 Å². The van der Waals surface area contributed by atoms with E-state index in [1.54, 1.807) is 22.7 Å². The quantitative estimate of drug-likeness (QED) is 0.875. The molecule has 1 saturated heterocycles. The molecule has 1 aliphatic rings. The third-order valence-electron chi connectivity index (χ3n) is 3.25. The summed E-state index contributed by atoms with van der Waals surface area (Å²) in [7, 11) is 0. The minimum Gasteiger partial charge on any atom is -0.375 e. The molecule has 1 fully saturated rings. The zero-order valence-corrected chi connectivity index (χ0v) is 12.9. The Hall–Kier alpha value is -1.24. The highest BCUT2D eigenvalue weighted by Gasteiger charge is 2.22. The summed E-state index contributed by atoms with van der Waals surface area (Å²) >= 11 is 3.25. The van der Waals surface area contributed by atoms with E-state index >= 15 is 0 Å². The summed E-state index contributed by atoms with van der Waals surface area (Å²) in [6.07, 6.45) is 0.511. The fourth-order valence-electron chi connectivity index (χ4n) is 2.22. The summed E-state index contributed by atoms with van der Waals surface area (Å²) in [6.45, 7) is 3.99. The van der Waals surface area contributed by atoms with Gasteiger partial charge in [0, 0.05) is 29.4 Å². The van der Waals surface area contributed by atoms with Gasteiger partial charge in [0.25, 0.3) is 0 Å². The van der Waals surface area contributed by atoms with Gasteiger partial charge in [-0.3, -0.25) is 4.79 Å². The molecule has 3 heterocycles. The standard InChI is InChI=1S/C14H16N2O2S2/c1-10-7-16(3-4-18-10)13(17)6-12-9-20-14(15-12)11-2-5-19-8-11/h2,5,8-10H,3-4,6-7H2,1H3. The van der Waals surface area contributed by atoms with Gasteiger partial charge in [-0.25, -0.2) is 4.98 Å². The number of rotatable bonds is 3. The van der Waals surface area contributed by atoms with Crippen LogP contribution in [0.15, 0.2) is 22.2 Å². The number of carbonyl (C=O) groups is 1. The minimum atomic E-state index is 0.129. The Balaban J connectivity index is 1.64. The molecule has 2 aromatic rings. The van der Waals surface area contributed by atoms with Crippen LogP contribution in [-0.2, 0) is 16.0 Å². The number of morpholine rings is 1. The molecule has 1 atom stereocenters. The van der Waals surface area contributed by atoms with Crippen LogP contribution in [-0.4, -0.2) is 41.6 Å². The lowest BCUT2D eigenvalue weighted by Gasteiger charge is -2.31.